The molecule has 0 saturated heterocycles. The van der Waals surface area contributed by atoms with Crippen LogP contribution in [0.1, 0.15) is 36.8 Å². The van der Waals surface area contributed by atoms with Crippen molar-refractivity contribution in [2.75, 3.05) is 6.54 Å². The van der Waals surface area contributed by atoms with Gasteiger partial charge in [-0.05, 0) is 61.6 Å². The van der Waals surface area contributed by atoms with Crippen LogP contribution in [0.2, 0.25) is 0 Å². The zero-order chi connectivity index (χ0) is 13.7. The van der Waals surface area contributed by atoms with Crippen LogP contribution < -0.4 is 5.73 Å². The molecule has 1 aromatic carbocycles. The molecule has 3 heteroatoms. The van der Waals surface area contributed by atoms with E-state index in [1.807, 2.05) is 12.1 Å². The third-order valence-corrected chi connectivity index (χ3v) is 4.20. The summed E-state index contributed by atoms with van der Waals surface area (Å²) in [5.74, 6) is 0.732. The molecule has 0 radical (unpaired) electrons. The molecule has 2 rings (SSSR count). The van der Waals surface area contributed by atoms with E-state index in [1.165, 1.54) is 31.2 Å². The number of hydrogen-bond donors (Lipinski definition) is 2. The van der Waals surface area contributed by atoms with Gasteiger partial charge in [0.2, 0.25) is 0 Å². The van der Waals surface area contributed by atoms with Gasteiger partial charge in [0.05, 0.1) is 6.42 Å². The Labute approximate surface area is 114 Å². The van der Waals surface area contributed by atoms with Crippen LogP contribution in [0, 0.1) is 11.8 Å². The summed E-state index contributed by atoms with van der Waals surface area (Å²) >= 11 is 0. The summed E-state index contributed by atoms with van der Waals surface area (Å²) in [6, 6.07) is 8.03. The van der Waals surface area contributed by atoms with Crippen molar-refractivity contribution in [3.63, 3.8) is 0 Å². The van der Waals surface area contributed by atoms with Crippen LogP contribution in [0.3, 0.4) is 0 Å². The summed E-state index contributed by atoms with van der Waals surface area (Å²) < 4.78 is 0. The molecule has 104 valence electrons. The highest BCUT2D eigenvalue weighted by molar-refractivity contribution is 5.70. The average Bonchev–Trinajstić information content (AvgIpc) is 2.41. The van der Waals surface area contributed by atoms with E-state index < -0.39 is 5.97 Å². The van der Waals surface area contributed by atoms with Gasteiger partial charge in [-0.1, -0.05) is 24.3 Å². The Morgan fingerprint density at radius 3 is 2.11 bits per heavy atom. The zero-order valence-electron chi connectivity index (χ0n) is 11.3. The second kappa shape index (κ2) is 6.71. The van der Waals surface area contributed by atoms with Gasteiger partial charge in [0.15, 0.2) is 0 Å². The van der Waals surface area contributed by atoms with Crippen molar-refractivity contribution in [3.05, 3.63) is 35.4 Å². The molecule has 3 N–H and O–H groups in total. The second-order valence-electron chi connectivity index (χ2n) is 5.71. The molecule has 1 fully saturated rings. The highest BCUT2D eigenvalue weighted by Gasteiger charge is 2.20. The molecule has 0 spiro atoms. The second-order valence-corrected chi connectivity index (χ2v) is 5.71. The molecule has 3 nitrogen and oxygen atoms in total. The van der Waals surface area contributed by atoms with Gasteiger partial charge in [-0.3, -0.25) is 4.79 Å². The Kier molecular flexibility index (Phi) is 4.97. The molecular weight excluding hydrogens is 238 g/mol. The maximum Gasteiger partial charge on any atom is 0.307 e. The van der Waals surface area contributed by atoms with E-state index in [-0.39, 0.29) is 6.42 Å². The predicted octanol–water partition coefficient (Wildman–Crippen LogP) is 2.62. The van der Waals surface area contributed by atoms with Gasteiger partial charge in [-0.25, -0.2) is 0 Å². The van der Waals surface area contributed by atoms with Crippen molar-refractivity contribution in [1.82, 2.24) is 0 Å². The van der Waals surface area contributed by atoms with Crippen molar-refractivity contribution in [2.24, 2.45) is 17.6 Å². The number of nitrogens with two attached hydrogens (primary N) is 1. The van der Waals surface area contributed by atoms with Gasteiger partial charge in [0, 0.05) is 0 Å². The van der Waals surface area contributed by atoms with Crippen molar-refractivity contribution < 1.29 is 9.90 Å². The molecule has 0 unspecified atom stereocenters. The maximum atomic E-state index is 10.6. The lowest BCUT2D eigenvalue weighted by molar-refractivity contribution is -0.136. The number of hydrogen-bond acceptors (Lipinski definition) is 2. The first-order valence-corrected chi connectivity index (χ1v) is 7.17. The van der Waals surface area contributed by atoms with E-state index in [0.29, 0.717) is 0 Å². The molecule has 0 aliphatic heterocycles. The van der Waals surface area contributed by atoms with Gasteiger partial charge < -0.3 is 10.8 Å². The van der Waals surface area contributed by atoms with Crippen molar-refractivity contribution in [3.8, 4) is 0 Å². The Bertz CT molecular complexity index is 405. The molecule has 1 saturated carbocycles. The fourth-order valence-corrected chi connectivity index (χ4v) is 2.97. The quantitative estimate of drug-likeness (QED) is 0.856. The van der Waals surface area contributed by atoms with Crippen LogP contribution in [0.15, 0.2) is 24.3 Å². The summed E-state index contributed by atoms with van der Waals surface area (Å²) in [5, 5.41) is 8.74. The fraction of sp³-hybridized carbons (Fsp3) is 0.562. The minimum absolute atomic E-state index is 0.113. The lowest BCUT2D eigenvalue weighted by Gasteiger charge is -2.27. The molecule has 1 aliphatic carbocycles. The largest absolute Gasteiger partial charge is 0.481 e. The Balaban J connectivity index is 1.84. The van der Waals surface area contributed by atoms with Gasteiger partial charge in [0.25, 0.3) is 0 Å². The van der Waals surface area contributed by atoms with Crippen LogP contribution in [-0.2, 0) is 17.6 Å². The highest BCUT2D eigenvalue weighted by Crippen LogP contribution is 2.30. The minimum Gasteiger partial charge on any atom is -0.481 e. The first-order valence-electron chi connectivity index (χ1n) is 7.17. The van der Waals surface area contributed by atoms with Crippen molar-refractivity contribution in [2.45, 2.75) is 38.5 Å². The lowest BCUT2D eigenvalue weighted by atomic mass is 9.79. The molecular formula is C16H23NO2. The monoisotopic (exact) mass is 261 g/mol. The number of carbonyl (C=O) groups is 1. The maximum absolute atomic E-state index is 10.6. The molecule has 1 aliphatic rings. The van der Waals surface area contributed by atoms with Gasteiger partial charge >= 0.3 is 5.97 Å². The SMILES string of the molecule is NCC1CCC(Cc2ccc(CC(=O)O)cc2)CC1. The first kappa shape index (κ1) is 14.1. The van der Waals surface area contributed by atoms with Crippen LogP contribution in [0.25, 0.3) is 0 Å². The average molecular weight is 261 g/mol. The van der Waals surface area contributed by atoms with Crippen LogP contribution in [0.5, 0.6) is 0 Å². The van der Waals surface area contributed by atoms with E-state index in [1.54, 1.807) is 0 Å². The van der Waals surface area contributed by atoms with E-state index in [0.717, 1.165) is 30.4 Å². The number of carboxylic acids is 1. The summed E-state index contributed by atoms with van der Waals surface area (Å²) in [6.07, 6.45) is 6.31. The van der Waals surface area contributed by atoms with Crippen molar-refractivity contribution >= 4 is 5.97 Å². The van der Waals surface area contributed by atoms with Gasteiger partial charge in [0.1, 0.15) is 0 Å². The highest BCUT2D eigenvalue weighted by atomic mass is 16.4. The molecule has 0 atom stereocenters. The minimum atomic E-state index is -0.771. The third-order valence-electron chi connectivity index (χ3n) is 4.20. The van der Waals surface area contributed by atoms with E-state index in [4.69, 9.17) is 10.8 Å². The summed E-state index contributed by atoms with van der Waals surface area (Å²) in [7, 11) is 0. The summed E-state index contributed by atoms with van der Waals surface area (Å²) in [6.45, 7) is 0.830. The van der Waals surface area contributed by atoms with Crippen LogP contribution in [0.4, 0.5) is 0 Å². The number of carboxylic acid groups (broad SMARTS) is 1. The number of aliphatic carboxylic acids is 1. The molecule has 0 aromatic heterocycles. The Morgan fingerprint density at radius 2 is 1.58 bits per heavy atom. The van der Waals surface area contributed by atoms with E-state index >= 15 is 0 Å². The molecule has 0 heterocycles. The zero-order valence-corrected chi connectivity index (χ0v) is 11.3. The summed E-state index contributed by atoms with van der Waals surface area (Å²) in [5.41, 5.74) is 7.91. The number of rotatable bonds is 5. The molecule has 1 aromatic rings. The van der Waals surface area contributed by atoms with Gasteiger partial charge in [-0.15, -0.1) is 0 Å². The lowest BCUT2D eigenvalue weighted by Crippen LogP contribution is -2.22. The summed E-state index contributed by atoms with van der Waals surface area (Å²) in [4.78, 5) is 10.6. The standard InChI is InChI=1S/C16H23NO2/c17-11-15-7-5-13(6-8-15)9-12-1-3-14(4-2-12)10-16(18)19/h1-4,13,15H,5-11,17H2,(H,18,19). The van der Waals surface area contributed by atoms with E-state index in [2.05, 4.69) is 12.1 Å². The molecule has 0 bridgehead atoms. The number of benzene rings is 1. The van der Waals surface area contributed by atoms with Crippen molar-refractivity contribution in [1.29, 1.82) is 0 Å². The normalized spacial score (nSPS) is 23.2. The Hall–Kier alpha value is -1.35. The molecule has 0 amide bonds. The van der Waals surface area contributed by atoms with Gasteiger partial charge in [-0.2, -0.15) is 0 Å². The Morgan fingerprint density at radius 1 is 1.05 bits per heavy atom. The predicted molar refractivity (Wildman–Crippen MR) is 76.0 cm³/mol. The smallest absolute Gasteiger partial charge is 0.307 e. The third kappa shape index (κ3) is 4.35. The van der Waals surface area contributed by atoms with Crippen LogP contribution >= 0.6 is 0 Å². The van der Waals surface area contributed by atoms with E-state index in [9.17, 15) is 4.79 Å². The first-order chi connectivity index (χ1) is 9.17. The fourth-order valence-electron chi connectivity index (χ4n) is 2.97. The topological polar surface area (TPSA) is 63.3 Å². The van der Waals surface area contributed by atoms with Crippen LogP contribution in [-0.4, -0.2) is 17.6 Å². The molecule has 19 heavy (non-hydrogen) atoms.